The Hall–Kier alpha value is -1.57. The van der Waals surface area contributed by atoms with Crippen LogP contribution in [0.15, 0.2) is 18.2 Å². The molecule has 6 nitrogen and oxygen atoms in total. The molecule has 2 fully saturated rings. The maximum Gasteiger partial charge on any atom is 0.276 e. The van der Waals surface area contributed by atoms with Gasteiger partial charge in [-0.2, -0.15) is 0 Å². The molecular formula is C16H22FN3O3. The highest BCUT2D eigenvalue weighted by Crippen LogP contribution is 2.24. The topological polar surface area (TPSA) is 58.9 Å². The lowest BCUT2D eigenvalue weighted by atomic mass is 10.1. The van der Waals surface area contributed by atoms with E-state index in [-0.39, 0.29) is 11.3 Å². The lowest BCUT2D eigenvalue weighted by Crippen LogP contribution is -2.47. The summed E-state index contributed by atoms with van der Waals surface area (Å²) < 4.78 is 19.4. The maximum atomic E-state index is 14.0. The molecule has 3 rings (SSSR count). The zero-order valence-corrected chi connectivity index (χ0v) is 13.1. The molecule has 2 aliphatic rings. The number of nitro benzene ring substituents is 1. The first-order valence-corrected chi connectivity index (χ1v) is 8.07. The Kier molecular flexibility index (Phi) is 5.20. The Bertz CT molecular complexity index is 556. The second kappa shape index (κ2) is 7.33. The van der Waals surface area contributed by atoms with E-state index in [4.69, 9.17) is 4.74 Å². The van der Waals surface area contributed by atoms with Crippen molar-refractivity contribution in [2.75, 3.05) is 45.9 Å². The van der Waals surface area contributed by atoms with Crippen LogP contribution in [0.4, 0.5) is 10.1 Å². The van der Waals surface area contributed by atoms with E-state index < -0.39 is 10.7 Å². The van der Waals surface area contributed by atoms with Crippen molar-refractivity contribution in [1.82, 2.24) is 9.80 Å². The van der Waals surface area contributed by atoms with Crippen LogP contribution in [0.5, 0.6) is 0 Å². The van der Waals surface area contributed by atoms with Crippen LogP contribution in [0.3, 0.4) is 0 Å². The molecule has 1 aromatic carbocycles. The van der Waals surface area contributed by atoms with Gasteiger partial charge in [-0.3, -0.25) is 15.0 Å². The highest BCUT2D eigenvalue weighted by Gasteiger charge is 2.25. The minimum atomic E-state index is -0.505. The second-order valence-corrected chi connectivity index (χ2v) is 6.30. The van der Waals surface area contributed by atoms with E-state index in [0.717, 1.165) is 52.4 Å². The molecule has 0 radical (unpaired) electrons. The molecule has 0 bridgehead atoms. The number of nitrogens with zero attached hydrogens (tertiary/aromatic N) is 3. The number of hydrogen-bond donors (Lipinski definition) is 0. The molecule has 1 atom stereocenters. The molecule has 0 unspecified atom stereocenters. The number of rotatable bonds is 5. The van der Waals surface area contributed by atoms with Crippen molar-refractivity contribution in [3.05, 3.63) is 39.7 Å². The van der Waals surface area contributed by atoms with Gasteiger partial charge in [-0.05, 0) is 18.4 Å². The van der Waals surface area contributed by atoms with E-state index in [0.29, 0.717) is 12.5 Å². The van der Waals surface area contributed by atoms with Crippen molar-refractivity contribution >= 4 is 5.69 Å². The fourth-order valence-corrected chi connectivity index (χ4v) is 3.32. The lowest BCUT2D eigenvalue weighted by Gasteiger charge is -2.35. The van der Waals surface area contributed by atoms with Gasteiger partial charge >= 0.3 is 0 Å². The van der Waals surface area contributed by atoms with Gasteiger partial charge in [-0.1, -0.05) is 6.07 Å². The highest BCUT2D eigenvalue weighted by molar-refractivity contribution is 5.40. The van der Waals surface area contributed by atoms with Gasteiger partial charge in [0.15, 0.2) is 0 Å². The van der Waals surface area contributed by atoms with Crippen LogP contribution in [-0.4, -0.2) is 60.7 Å². The third-order valence-electron chi connectivity index (χ3n) is 4.68. The zero-order valence-electron chi connectivity index (χ0n) is 13.1. The fraction of sp³-hybridized carbons (Fsp3) is 0.625. The Balaban J connectivity index is 1.55. The third-order valence-corrected chi connectivity index (χ3v) is 4.68. The molecule has 23 heavy (non-hydrogen) atoms. The maximum absolute atomic E-state index is 14.0. The Labute approximate surface area is 135 Å². The monoisotopic (exact) mass is 323 g/mol. The van der Waals surface area contributed by atoms with E-state index in [2.05, 4.69) is 9.80 Å². The van der Waals surface area contributed by atoms with E-state index in [1.165, 1.54) is 18.2 Å². The normalized spacial score (nSPS) is 23.3. The van der Waals surface area contributed by atoms with Gasteiger partial charge in [0.1, 0.15) is 5.82 Å². The highest BCUT2D eigenvalue weighted by atomic mass is 19.1. The largest absolute Gasteiger partial charge is 0.381 e. The summed E-state index contributed by atoms with van der Waals surface area (Å²) in [7, 11) is 0. The van der Waals surface area contributed by atoms with Gasteiger partial charge < -0.3 is 9.64 Å². The first-order chi connectivity index (χ1) is 11.1. The van der Waals surface area contributed by atoms with Crippen molar-refractivity contribution in [1.29, 1.82) is 0 Å². The first kappa shape index (κ1) is 16.3. The minimum absolute atomic E-state index is 0.129. The van der Waals surface area contributed by atoms with Gasteiger partial charge in [0.05, 0.1) is 17.1 Å². The van der Waals surface area contributed by atoms with Gasteiger partial charge in [-0.25, -0.2) is 4.39 Å². The zero-order chi connectivity index (χ0) is 16.2. The van der Waals surface area contributed by atoms with E-state index in [1.54, 1.807) is 0 Å². The van der Waals surface area contributed by atoms with Crippen LogP contribution in [0, 0.1) is 21.8 Å². The summed E-state index contributed by atoms with van der Waals surface area (Å²) in [4.78, 5) is 15.1. The SMILES string of the molecule is O=[N+]([O-])c1cccc(F)c1CN1CCN(C[C@@H]2CCOC2)CC1. The van der Waals surface area contributed by atoms with Gasteiger partial charge in [0.2, 0.25) is 0 Å². The second-order valence-electron chi connectivity index (χ2n) is 6.30. The van der Waals surface area contributed by atoms with Crippen LogP contribution in [0.2, 0.25) is 0 Å². The van der Waals surface area contributed by atoms with Crippen LogP contribution < -0.4 is 0 Å². The summed E-state index contributed by atoms with van der Waals surface area (Å²) in [5, 5.41) is 11.1. The van der Waals surface area contributed by atoms with Gasteiger partial charge in [0.25, 0.3) is 5.69 Å². The molecule has 7 heteroatoms. The standard InChI is InChI=1S/C16H22FN3O3/c17-15-2-1-3-16(20(21)22)14(15)11-19-7-5-18(6-8-19)10-13-4-9-23-12-13/h1-3,13H,4-12H2/t13-/m0/s1. The summed E-state index contributed by atoms with van der Waals surface area (Å²) in [6.07, 6.45) is 1.13. The fourth-order valence-electron chi connectivity index (χ4n) is 3.32. The number of hydrogen-bond acceptors (Lipinski definition) is 5. The smallest absolute Gasteiger partial charge is 0.276 e. The predicted molar refractivity (Wildman–Crippen MR) is 83.7 cm³/mol. The average molecular weight is 323 g/mol. The molecule has 1 aromatic rings. The number of halogens is 1. The van der Waals surface area contributed by atoms with E-state index in [1.807, 2.05) is 0 Å². The summed E-state index contributed by atoms with van der Waals surface area (Å²) >= 11 is 0. The molecule has 0 aromatic heterocycles. The number of ether oxygens (including phenoxy) is 1. The van der Waals surface area contributed by atoms with E-state index in [9.17, 15) is 14.5 Å². The Morgan fingerprint density at radius 2 is 2.00 bits per heavy atom. The molecule has 126 valence electrons. The minimum Gasteiger partial charge on any atom is -0.381 e. The van der Waals surface area contributed by atoms with Crippen molar-refractivity contribution in [2.45, 2.75) is 13.0 Å². The molecule has 0 N–H and O–H groups in total. The van der Waals surface area contributed by atoms with Gasteiger partial charge in [0, 0.05) is 51.9 Å². The van der Waals surface area contributed by atoms with Crippen LogP contribution in [-0.2, 0) is 11.3 Å². The molecule has 0 saturated carbocycles. The molecule has 0 amide bonds. The lowest BCUT2D eigenvalue weighted by molar-refractivity contribution is -0.386. The number of piperazine rings is 1. The average Bonchev–Trinajstić information content (AvgIpc) is 3.04. The van der Waals surface area contributed by atoms with Crippen LogP contribution >= 0.6 is 0 Å². The summed E-state index contributed by atoms with van der Waals surface area (Å²) in [6, 6.07) is 4.05. The summed E-state index contributed by atoms with van der Waals surface area (Å²) in [6.45, 7) is 6.50. The van der Waals surface area contributed by atoms with Gasteiger partial charge in [-0.15, -0.1) is 0 Å². The quantitative estimate of drug-likeness (QED) is 0.612. The Morgan fingerprint density at radius 1 is 1.26 bits per heavy atom. The van der Waals surface area contributed by atoms with Crippen LogP contribution in [0.1, 0.15) is 12.0 Å². The molecule has 2 saturated heterocycles. The summed E-state index contributed by atoms with van der Waals surface area (Å²) in [5.74, 6) is 0.124. The number of nitro groups is 1. The molecule has 0 aliphatic carbocycles. The van der Waals surface area contributed by atoms with Crippen molar-refractivity contribution in [2.24, 2.45) is 5.92 Å². The molecule has 2 aliphatic heterocycles. The molecular weight excluding hydrogens is 301 g/mol. The molecule has 2 heterocycles. The molecule has 0 spiro atoms. The van der Waals surface area contributed by atoms with Crippen LogP contribution in [0.25, 0.3) is 0 Å². The van der Waals surface area contributed by atoms with Crippen molar-refractivity contribution < 1.29 is 14.1 Å². The van der Waals surface area contributed by atoms with Crippen molar-refractivity contribution in [3.8, 4) is 0 Å². The van der Waals surface area contributed by atoms with Crippen molar-refractivity contribution in [3.63, 3.8) is 0 Å². The summed E-state index contributed by atoms with van der Waals surface area (Å²) in [5.41, 5.74) is 0.0608. The van der Waals surface area contributed by atoms with E-state index >= 15 is 0 Å². The predicted octanol–water partition coefficient (Wildman–Crippen LogP) is 1.89. The first-order valence-electron chi connectivity index (χ1n) is 8.07. The number of benzene rings is 1. The third kappa shape index (κ3) is 4.04. The Morgan fingerprint density at radius 3 is 2.65 bits per heavy atom.